The van der Waals surface area contributed by atoms with E-state index in [4.69, 9.17) is 0 Å². The first kappa shape index (κ1) is 11.6. The fraction of sp³-hybridized carbons (Fsp3) is 0.333. The molecule has 1 aliphatic heterocycles. The number of carbonyl (C=O) groups excluding carboxylic acids is 2. The Balaban J connectivity index is 2.28. The van der Waals surface area contributed by atoms with Crippen LogP contribution in [0.15, 0.2) is 24.3 Å². The minimum absolute atomic E-state index is 0.155. The lowest BCUT2D eigenvalue weighted by Crippen LogP contribution is -2.34. The molecule has 0 saturated heterocycles. The Morgan fingerprint density at radius 2 is 1.69 bits per heavy atom. The summed E-state index contributed by atoms with van der Waals surface area (Å²) in [5.41, 5.74) is 1.07. The van der Waals surface area contributed by atoms with Crippen molar-refractivity contribution < 1.29 is 9.59 Å². The lowest BCUT2D eigenvalue weighted by atomic mass is 10.1. The minimum atomic E-state index is -0.155. The predicted molar refractivity (Wildman–Crippen MR) is 69.9 cm³/mol. The minimum Gasteiger partial charge on any atom is -0.274 e. The molecule has 1 aliphatic rings. The molecule has 0 radical (unpaired) electrons. The molecule has 0 aromatic heterocycles. The summed E-state index contributed by atoms with van der Waals surface area (Å²) < 4.78 is 0.936. The lowest BCUT2D eigenvalue weighted by molar-refractivity contribution is 0.0638. The summed E-state index contributed by atoms with van der Waals surface area (Å²) >= 11 is 2.26. The molecule has 2 amide bonds. The third-order valence-electron chi connectivity index (χ3n) is 2.64. The molecule has 1 aromatic carbocycles. The number of imide groups is 1. The molecule has 0 aliphatic carbocycles. The Bertz CT molecular complexity index is 409. The van der Waals surface area contributed by atoms with E-state index in [0.29, 0.717) is 23.6 Å². The van der Waals surface area contributed by atoms with Crippen molar-refractivity contribution in [3.05, 3.63) is 35.4 Å². The molecule has 84 valence electrons. The zero-order valence-electron chi connectivity index (χ0n) is 8.94. The van der Waals surface area contributed by atoms with Crippen LogP contribution in [0.2, 0.25) is 0 Å². The predicted octanol–water partition coefficient (Wildman–Crippen LogP) is 2.35. The van der Waals surface area contributed by atoms with E-state index < -0.39 is 0 Å². The Hall–Kier alpha value is -0.910. The molecule has 1 aromatic rings. The molecule has 1 unspecified atom stereocenters. The number of amides is 2. The van der Waals surface area contributed by atoms with E-state index in [1.165, 1.54) is 4.90 Å². The highest BCUT2D eigenvalue weighted by Gasteiger charge is 2.35. The summed E-state index contributed by atoms with van der Waals surface area (Å²) in [6.45, 7) is 2.55. The van der Waals surface area contributed by atoms with Crippen LogP contribution in [-0.4, -0.2) is 27.7 Å². The Labute approximate surface area is 108 Å². The summed E-state index contributed by atoms with van der Waals surface area (Å²) in [6, 6.07) is 7.00. The first-order valence-electron chi connectivity index (χ1n) is 5.16. The number of benzene rings is 1. The van der Waals surface area contributed by atoms with Gasteiger partial charge >= 0.3 is 0 Å². The second kappa shape index (κ2) is 4.53. The zero-order chi connectivity index (χ0) is 11.7. The average Bonchev–Trinajstić information content (AvgIpc) is 2.55. The van der Waals surface area contributed by atoms with E-state index in [1.54, 1.807) is 24.3 Å². The second-order valence-corrected chi connectivity index (χ2v) is 4.91. The van der Waals surface area contributed by atoms with Gasteiger partial charge in [-0.3, -0.25) is 14.5 Å². The second-order valence-electron chi connectivity index (χ2n) is 4.03. The monoisotopic (exact) mass is 329 g/mol. The highest BCUT2D eigenvalue weighted by atomic mass is 127. The van der Waals surface area contributed by atoms with Crippen molar-refractivity contribution in [1.82, 2.24) is 4.90 Å². The van der Waals surface area contributed by atoms with Crippen molar-refractivity contribution in [1.29, 1.82) is 0 Å². The number of halogens is 1. The molecule has 0 bridgehead atoms. The van der Waals surface area contributed by atoms with E-state index in [2.05, 4.69) is 22.6 Å². The van der Waals surface area contributed by atoms with Crippen LogP contribution < -0.4 is 0 Å². The van der Waals surface area contributed by atoms with Crippen LogP contribution in [0.25, 0.3) is 0 Å². The van der Waals surface area contributed by atoms with Crippen molar-refractivity contribution >= 4 is 34.4 Å². The quantitative estimate of drug-likeness (QED) is 0.485. The molecular weight excluding hydrogens is 317 g/mol. The van der Waals surface area contributed by atoms with E-state index in [1.807, 2.05) is 6.92 Å². The van der Waals surface area contributed by atoms with Gasteiger partial charge in [0.1, 0.15) is 0 Å². The third kappa shape index (κ3) is 1.86. The van der Waals surface area contributed by atoms with Crippen LogP contribution in [0.4, 0.5) is 0 Å². The van der Waals surface area contributed by atoms with Crippen LogP contribution in [0, 0.1) is 5.92 Å². The number of alkyl halides is 1. The number of nitrogens with zero attached hydrogens (tertiary/aromatic N) is 1. The van der Waals surface area contributed by atoms with Gasteiger partial charge in [0.05, 0.1) is 11.1 Å². The summed E-state index contributed by atoms with van der Waals surface area (Å²) in [5, 5.41) is 0. The normalized spacial score (nSPS) is 16.5. The topological polar surface area (TPSA) is 37.4 Å². The van der Waals surface area contributed by atoms with Gasteiger partial charge in [0, 0.05) is 11.0 Å². The van der Waals surface area contributed by atoms with E-state index in [-0.39, 0.29) is 11.8 Å². The Kier molecular flexibility index (Phi) is 3.28. The maximum absolute atomic E-state index is 12.0. The van der Waals surface area contributed by atoms with Crippen LogP contribution in [0.1, 0.15) is 27.6 Å². The summed E-state index contributed by atoms with van der Waals surface area (Å²) in [7, 11) is 0. The van der Waals surface area contributed by atoms with Crippen LogP contribution in [-0.2, 0) is 0 Å². The molecule has 3 nitrogen and oxygen atoms in total. The molecule has 1 atom stereocenters. The van der Waals surface area contributed by atoms with Crippen LogP contribution >= 0.6 is 22.6 Å². The van der Waals surface area contributed by atoms with Crippen LogP contribution in [0.5, 0.6) is 0 Å². The van der Waals surface area contributed by atoms with Gasteiger partial charge in [0.15, 0.2) is 0 Å². The fourth-order valence-electron chi connectivity index (χ4n) is 1.77. The molecule has 0 spiro atoms. The van der Waals surface area contributed by atoms with Gasteiger partial charge in [-0.05, 0) is 18.1 Å². The molecule has 1 heterocycles. The van der Waals surface area contributed by atoms with Gasteiger partial charge in [-0.2, -0.15) is 0 Å². The smallest absolute Gasteiger partial charge is 0.261 e. The lowest BCUT2D eigenvalue weighted by Gasteiger charge is -2.17. The molecule has 2 rings (SSSR count). The maximum Gasteiger partial charge on any atom is 0.261 e. The van der Waals surface area contributed by atoms with Gasteiger partial charge < -0.3 is 0 Å². The number of fused-ring (bicyclic) bond motifs is 1. The summed E-state index contributed by atoms with van der Waals surface area (Å²) in [4.78, 5) is 25.3. The van der Waals surface area contributed by atoms with Gasteiger partial charge in [0.25, 0.3) is 11.8 Å². The number of carbonyl (C=O) groups is 2. The van der Waals surface area contributed by atoms with Crippen molar-refractivity contribution in [2.24, 2.45) is 5.92 Å². The number of hydrogen-bond acceptors (Lipinski definition) is 2. The fourth-order valence-corrected chi connectivity index (χ4v) is 2.04. The van der Waals surface area contributed by atoms with Gasteiger partial charge in [0.2, 0.25) is 0 Å². The van der Waals surface area contributed by atoms with Crippen molar-refractivity contribution in [2.45, 2.75) is 6.92 Å². The first-order chi connectivity index (χ1) is 7.65. The van der Waals surface area contributed by atoms with Gasteiger partial charge in [-0.25, -0.2) is 0 Å². The Morgan fingerprint density at radius 1 is 1.19 bits per heavy atom. The van der Waals surface area contributed by atoms with E-state index in [9.17, 15) is 9.59 Å². The van der Waals surface area contributed by atoms with Crippen molar-refractivity contribution in [3.63, 3.8) is 0 Å². The number of rotatable bonds is 3. The molecule has 16 heavy (non-hydrogen) atoms. The Morgan fingerprint density at radius 3 is 2.12 bits per heavy atom. The molecule has 0 saturated carbocycles. The SMILES string of the molecule is CC(CI)CN1C(=O)c2ccccc2C1=O. The summed E-state index contributed by atoms with van der Waals surface area (Å²) in [5.74, 6) is 0.0254. The van der Waals surface area contributed by atoms with E-state index >= 15 is 0 Å². The maximum atomic E-state index is 12.0. The molecule has 0 fully saturated rings. The third-order valence-corrected chi connectivity index (χ3v) is 4.14. The average molecular weight is 329 g/mol. The molecular formula is C12H12INO2. The van der Waals surface area contributed by atoms with Crippen molar-refractivity contribution in [2.75, 3.05) is 11.0 Å². The van der Waals surface area contributed by atoms with Crippen LogP contribution in [0.3, 0.4) is 0 Å². The largest absolute Gasteiger partial charge is 0.274 e. The van der Waals surface area contributed by atoms with Gasteiger partial charge in [-0.1, -0.05) is 41.6 Å². The first-order valence-corrected chi connectivity index (χ1v) is 6.69. The molecule has 0 N–H and O–H groups in total. The van der Waals surface area contributed by atoms with Crippen molar-refractivity contribution in [3.8, 4) is 0 Å². The highest BCUT2D eigenvalue weighted by molar-refractivity contribution is 14.1. The highest BCUT2D eigenvalue weighted by Crippen LogP contribution is 2.23. The van der Waals surface area contributed by atoms with E-state index in [0.717, 1.165) is 4.43 Å². The van der Waals surface area contributed by atoms with Gasteiger partial charge in [-0.15, -0.1) is 0 Å². The number of hydrogen-bond donors (Lipinski definition) is 0. The standard InChI is InChI=1S/C12H12INO2/c1-8(6-13)7-14-11(15)9-4-2-3-5-10(9)12(14)16/h2-5,8H,6-7H2,1H3. The zero-order valence-corrected chi connectivity index (χ0v) is 11.1. The molecule has 4 heteroatoms. The summed E-state index contributed by atoms with van der Waals surface area (Å²) in [6.07, 6.45) is 0.